The molecule has 0 unspecified atom stereocenters. The van der Waals surface area contributed by atoms with Crippen LogP contribution in [0.25, 0.3) is 39.0 Å². The Balaban J connectivity index is 1.51. The maximum Gasteiger partial charge on any atom is 0.224 e. The number of carbonyl (C=O) groups excluding carboxylic acids is 1. The number of anilines is 1. The zero-order chi connectivity index (χ0) is 26.6. The molecule has 0 spiro atoms. The van der Waals surface area contributed by atoms with Gasteiger partial charge in [0, 0.05) is 47.2 Å². The Kier molecular flexibility index (Phi) is 7.00. The summed E-state index contributed by atoms with van der Waals surface area (Å²) in [5.74, 6) is 0.277. The monoisotopic (exact) mass is 502 g/mol. The molecule has 4 heterocycles. The minimum Gasteiger partial charge on any atom is -0.357 e. The minimum atomic E-state index is -0.0129. The number of amides is 1. The molecular formula is C31H30N6O. The van der Waals surface area contributed by atoms with Crippen LogP contribution in [-0.2, 0) is 4.79 Å². The van der Waals surface area contributed by atoms with Gasteiger partial charge < -0.3 is 10.3 Å². The van der Waals surface area contributed by atoms with Gasteiger partial charge in [-0.2, -0.15) is 5.10 Å². The third kappa shape index (κ3) is 5.18. The van der Waals surface area contributed by atoms with E-state index >= 15 is 0 Å². The summed E-state index contributed by atoms with van der Waals surface area (Å²) in [6.45, 7) is 10.0. The Morgan fingerprint density at radius 2 is 1.87 bits per heavy atom. The Morgan fingerprint density at radius 3 is 2.63 bits per heavy atom. The molecule has 0 aliphatic carbocycles. The number of allylic oxidation sites excluding steroid dienone is 2. The Labute approximate surface area is 221 Å². The molecule has 1 amide bonds. The molecule has 190 valence electrons. The first-order valence-corrected chi connectivity index (χ1v) is 12.6. The number of nitrogens with one attached hydrogen (secondary N) is 3. The maximum atomic E-state index is 12.3. The summed E-state index contributed by atoms with van der Waals surface area (Å²) in [5, 5.41) is 11.7. The number of H-pyrrole nitrogens is 2. The van der Waals surface area contributed by atoms with E-state index in [0.29, 0.717) is 18.0 Å². The number of fused-ring (bicyclic) bond motifs is 1. The zero-order valence-corrected chi connectivity index (χ0v) is 21.7. The molecule has 5 aromatic rings. The highest BCUT2D eigenvalue weighted by Gasteiger charge is 2.16. The van der Waals surface area contributed by atoms with E-state index in [1.54, 1.807) is 30.9 Å². The summed E-state index contributed by atoms with van der Waals surface area (Å²) < 4.78 is 0. The number of aryl methyl sites for hydroxylation is 1. The SMILES string of the molecule is C=C/C=C(/c1ccncc1)c1cc(-c2n[nH]c3ccc(-c4cncc(NC(=O)CC(C)C)c4)cc23)[nH]c1C. The average molecular weight is 503 g/mol. The summed E-state index contributed by atoms with van der Waals surface area (Å²) in [6, 6.07) is 14.2. The van der Waals surface area contributed by atoms with Gasteiger partial charge in [0.1, 0.15) is 5.69 Å². The molecule has 5 rings (SSSR count). The molecule has 0 aliphatic rings. The highest BCUT2D eigenvalue weighted by Crippen LogP contribution is 2.34. The van der Waals surface area contributed by atoms with Crippen molar-refractivity contribution in [3.63, 3.8) is 0 Å². The van der Waals surface area contributed by atoms with Crippen LogP contribution in [0.5, 0.6) is 0 Å². The summed E-state index contributed by atoms with van der Waals surface area (Å²) in [7, 11) is 0. The molecule has 3 N–H and O–H groups in total. The van der Waals surface area contributed by atoms with Gasteiger partial charge in [0.25, 0.3) is 0 Å². The largest absolute Gasteiger partial charge is 0.357 e. The summed E-state index contributed by atoms with van der Waals surface area (Å²) in [5.41, 5.74) is 9.50. The lowest BCUT2D eigenvalue weighted by Gasteiger charge is -2.09. The molecule has 0 fully saturated rings. The van der Waals surface area contributed by atoms with E-state index in [9.17, 15) is 4.79 Å². The van der Waals surface area contributed by atoms with Gasteiger partial charge in [-0.05, 0) is 65.9 Å². The second-order valence-electron chi connectivity index (χ2n) is 9.71. The third-order valence-electron chi connectivity index (χ3n) is 6.35. The van der Waals surface area contributed by atoms with Crippen LogP contribution in [0.3, 0.4) is 0 Å². The second-order valence-corrected chi connectivity index (χ2v) is 9.71. The molecular weight excluding hydrogens is 472 g/mol. The van der Waals surface area contributed by atoms with E-state index < -0.39 is 0 Å². The number of hydrogen-bond donors (Lipinski definition) is 3. The number of rotatable bonds is 8. The predicted molar refractivity (Wildman–Crippen MR) is 153 cm³/mol. The van der Waals surface area contributed by atoms with Crippen LogP contribution in [0, 0.1) is 12.8 Å². The molecule has 0 saturated carbocycles. The fourth-order valence-corrected chi connectivity index (χ4v) is 4.60. The van der Waals surface area contributed by atoms with Crippen LogP contribution in [-0.4, -0.2) is 31.1 Å². The molecule has 0 radical (unpaired) electrons. The zero-order valence-electron chi connectivity index (χ0n) is 21.7. The van der Waals surface area contributed by atoms with Gasteiger partial charge in [-0.25, -0.2) is 0 Å². The van der Waals surface area contributed by atoms with E-state index in [-0.39, 0.29) is 5.91 Å². The lowest BCUT2D eigenvalue weighted by molar-refractivity contribution is -0.116. The van der Waals surface area contributed by atoms with Gasteiger partial charge in [-0.3, -0.25) is 19.9 Å². The first-order valence-electron chi connectivity index (χ1n) is 12.6. The van der Waals surface area contributed by atoms with Crippen molar-refractivity contribution in [2.45, 2.75) is 27.2 Å². The fraction of sp³-hybridized carbons (Fsp3) is 0.161. The average Bonchev–Trinajstić information content (AvgIpc) is 3.50. The molecule has 0 aliphatic heterocycles. The van der Waals surface area contributed by atoms with Gasteiger partial charge in [0.15, 0.2) is 0 Å². The van der Waals surface area contributed by atoms with E-state index in [2.05, 4.69) is 56.1 Å². The summed E-state index contributed by atoms with van der Waals surface area (Å²) >= 11 is 0. The van der Waals surface area contributed by atoms with Crippen molar-refractivity contribution >= 4 is 28.1 Å². The van der Waals surface area contributed by atoms with Crippen molar-refractivity contribution in [3.05, 3.63) is 103 Å². The molecule has 4 aromatic heterocycles. The van der Waals surface area contributed by atoms with E-state index in [1.165, 1.54) is 0 Å². The van der Waals surface area contributed by atoms with Crippen LogP contribution in [0.4, 0.5) is 5.69 Å². The second kappa shape index (κ2) is 10.7. The maximum absolute atomic E-state index is 12.3. The molecule has 38 heavy (non-hydrogen) atoms. The van der Waals surface area contributed by atoms with Gasteiger partial charge in [-0.1, -0.05) is 38.6 Å². The third-order valence-corrected chi connectivity index (χ3v) is 6.35. The first-order chi connectivity index (χ1) is 18.4. The number of aromatic nitrogens is 5. The molecule has 7 nitrogen and oxygen atoms in total. The molecule has 0 bridgehead atoms. The van der Waals surface area contributed by atoms with Crippen molar-refractivity contribution in [2.24, 2.45) is 5.92 Å². The van der Waals surface area contributed by atoms with Crippen LogP contribution >= 0.6 is 0 Å². The van der Waals surface area contributed by atoms with E-state index in [0.717, 1.165) is 55.8 Å². The summed E-state index contributed by atoms with van der Waals surface area (Å²) in [6.07, 6.45) is 11.3. The molecule has 7 heteroatoms. The predicted octanol–water partition coefficient (Wildman–Crippen LogP) is 6.93. The fourth-order valence-electron chi connectivity index (χ4n) is 4.60. The van der Waals surface area contributed by atoms with Gasteiger partial charge in [0.2, 0.25) is 5.91 Å². The van der Waals surface area contributed by atoms with Crippen molar-refractivity contribution in [2.75, 3.05) is 5.32 Å². The van der Waals surface area contributed by atoms with Crippen molar-refractivity contribution < 1.29 is 4.79 Å². The van der Waals surface area contributed by atoms with Crippen molar-refractivity contribution in [3.8, 4) is 22.5 Å². The number of aromatic amines is 2. The standard InChI is InChI=1S/C31H30N6O/c1-5-6-25(21-9-11-32-12-10-21)26-16-29(34-20(26)4)31-27-15-22(7-8-28(27)36-37-31)23-14-24(18-33-17-23)35-30(38)13-19(2)3/h5-12,14-19,34H,1,13H2,2-4H3,(H,35,38)(H,36,37)/b25-6-. The minimum absolute atomic E-state index is 0.0129. The first kappa shape index (κ1) is 24.9. The van der Waals surface area contributed by atoms with Gasteiger partial charge in [0.05, 0.1) is 23.1 Å². The Morgan fingerprint density at radius 1 is 1.05 bits per heavy atom. The smallest absolute Gasteiger partial charge is 0.224 e. The molecule has 0 atom stereocenters. The van der Waals surface area contributed by atoms with Crippen LogP contribution < -0.4 is 5.32 Å². The van der Waals surface area contributed by atoms with Crippen LogP contribution in [0.1, 0.15) is 37.1 Å². The quantitative estimate of drug-likeness (QED) is 0.200. The number of pyridine rings is 2. The number of nitrogens with zero attached hydrogens (tertiary/aromatic N) is 3. The number of carbonyl (C=O) groups is 1. The number of hydrogen-bond acceptors (Lipinski definition) is 4. The number of benzene rings is 1. The van der Waals surface area contributed by atoms with Crippen molar-refractivity contribution in [1.29, 1.82) is 0 Å². The lowest BCUT2D eigenvalue weighted by Crippen LogP contribution is -2.13. The summed E-state index contributed by atoms with van der Waals surface area (Å²) in [4.78, 5) is 24.3. The lowest BCUT2D eigenvalue weighted by atomic mass is 9.98. The van der Waals surface area contributed by atoms with E-state index in [4.69, 9.17) is 0 Å². The Hall–Kier alpha value is -4.78. The highest BCUT2D eigenvalue weighted by molar-refractivity contribution is 5.96. The molecule has 1 aromatic carbocycles. The van der Waals surface area contributed by atoms with Gasteiger partial charge >= 0.3 is 0 Å². The molecule has 0 saturated heterocycles. The van der Waals surface area contributed by atoms with Crippen LogP contribution in [0.15, 0.2) is 86.0 Å². The Bertz CT molecular complexity index is 1640. The van der Waals surface area contributed by atoms with Crippen LogP contribution in [0.2, 0.25) is 0 Å². The van der Waals surface area contributed by atoms with Crippen molar-refractivity contribution in [1.82, 2.24) is 25.1 Å². The van der Waals surface area contributed by atoms with Gasteiger partial charge in [-0.15, -0.1) is 0 Å². The van der Waals surface area contributed by atoms with E-state index in [1.807, 2.05) is 50.3 Å². The topological polar surface area (TPSA) is 99.3 Å². The highest BCUT2D eigenvalue weighted by atomic mass is 16.1. The normalized spacial score (nSPS) is 11.7.